The van der Waals surface area contributed by atoms with Crippen LogP contribution in [0.4, 0.5) is 0 Å². The van der Waals surface area contributed by atoms with Gasteiger partial charge >= 0.3 is 5.97 Å². The number of Topliss-reactive ketones (excluding diaryl/α,β-unsaturated/α-hetero) is 1. The molecule has 27 heavy (non-hydrogen) atoms. The van der Waals surface area contributed by atoms with E-state index in [1.54, 1.807) is 13.8 Å². The van der Waals surface area contributed by atoms with Gasteiger partial charge in [0.05, 0.1) is 19.4 Å². The van der Waals surface area contributed by atoms with Crippen LogP contribution in [0, 0.1) is 5.41 Å². The van der Waals surface area contributed by atoms with E-state index in [0.717, 1.165) is 11.8 Å². The van der Waals surface area contributed by atoms with Crippen molar-refractivity contribution in [2.45, 2.75) is 45.6 Å². The van der Waals surface area contributed by atoms with Crippen molar-refractivity contribution < 1.29 is 33.8 Å². The van der Waals surface area contributed by atoms with Crippen LogP contribution in [0.3, 0.4) is 0 Å². The first-order chi connectivity index (χ1) is 12.7. The average Bonchev–Trinajstić information content (AvgIpc) is 2.60. The quantitative estimate of drug-likeness (QED) is 0.417. The number of hydrogen-bond donors (Lipinski definition) is 3. The van der Waals surface area contributed by atoms with Gasteiger partial charge in [-0.2, -0.15) is 0 Å². The Morgan fingerprint density at radius 1 is 1.07 bits per heavy atom. The largest absolute Gasteiger partial charge is 0.452 e. The van der Waals surface area contributed by atoms with Crippen LogP contribution < -0.4 is 10.6 Å². The van der Waals surface area contributed by atoms with E-state index < -0.39 is 35.8 Å². The van der Waals surface area contributed by atoms with E-state index in [1.807, 2.05) is 0 Å². The molecule has 1 aliphatic rings. The summed E-state index contributed by atoms with van der Waals surface area (Å²) in [6.07, 6.45) is -2.00. The van der Waals surface area contributed by atoms with Gasteiger partial charge in [0.15, 0.2) is 11.2 Å². The number of esters is 1. The number of nitrogens with one attached hydrogen (secondary N) is 2. The summed E-state index contributed by atoms with van der Waals surface area (Å²) in [5.41, 5.74) is -1.05. The van der Waals surface area contributed by atoms with Crippen LogP contribution in [0.5, 0.6) is 0 Å². The van der Waals surface area contributed by atoms with Gasteiger partial charge in [-0.05, 0) is 0 Å². The summed E-state index contributed by atoms with van der Waals surface area (Å²) in [5, 5.41) is 14.3. The maximum atomic E-state index is 12.4. The van der Waals surface area contributed by atoms with E-state index in [9.17, 15) is 29.1 Å². The van der Waals surface area contributed by atoms with Crippen molar-refractivity contribution in [1.29, 1.82) is 0 Å². The zero-order valence-corrected chi connectivity index (χ0v) is 16.4. The molecule has 9 nitrogen and oxygen atoms in total. The van der Waals surface area contributed by atoms with Gasteiger partial charge in [-0.25, -0.2) is 0 Å². The van der Waals surface area contributed by atoms with Crippen LogP contribution in [0.1, 0.15) is 39.5 Å². The second-order valence-corrected chi connectivity index (χ2v) is 8.00. The Morgan fingerprint density at radius 2 is 1.78 bits per heavy atom. The Labute approximate surface area is 162 Å². The number of ketones is 1. The first-order valence-corrected chi connectivity index (χ1v) is 9.66. The molecule has 0 unspecified atom stereocenters. The number of carbonyl (C=O) groups is 5. The molecule has 0 spiro atoms. The maximum Gasteiger partial charge on any atom is 0.307 e. The number of amides is 2. The van der Waals surface area contributed by atoms with Gasteiger partial charge in [-0.3, -0.25) is 24.0 Å². The van der Waals surface area contributed by atoms with E-state index in [4.69, 9.17) is 4.74 Å². The Balaban J connectivity index is 2.86. The Morgan fingerprint density at radius 3 is 2.44 bits per heavy atom. The van der Waals surface area contributed by atoms with Crippen molar-refractivity contribution in [3.63, 3.8) is 0 Å². The molecule has 0 saturated carbocycles. The highest BCUT2D eigenvalue weighted by molar-refractivity contribution is 8.13. The van der Waals surface area contributed by atoms with Gasteiger partial charge in [-0.15, -0.1) is 0 Å². The standard InChI is InChI=1S/C17H26N2O7S/c1-17(2,10-20)15-16(25)19-6-5-12(22)18-7-8-27-14(24)9-11(21)3-4-13(23)26-15/h15,20H,3-10H2,1-2H3,(H,18,22)(H,19,25)/t15-/m0/s1. The summed E-state index contributed by atoms with van der Waals surface area (Å²) >= 11 is 0.942. The Hall–Kier alpha value is -1.94. The molecule has 3 N–H and O–H groups in total. The first kappa shape index (κ1) is 23.1. The van der Waals surface area contributed by atoms with Crippen molar-refractivity contribution in [3.8, 4) is 0 Å². The average molecular weight is 402 g/mol. The van der Waals surface area contributed by atoms with Crippen LogP contribution in [-0.4, -0.2) is 65.3 Å². The number of thioether (sulfide) groups is 1. The van der Waals surface area contributed by atoms with Crippen molar-refractivity contribution >= 4 is 40.4 Å². The van der Waals surface area contributed by atoms with E-state index >= 15 is 0 Å². The molecule has 1 atom stereocenters. The van der Waals surface area contributed by atoms with Crippen LogP contribution in [0.2, 0.25) is 0 Å². The van der Waals surface area contributed by atoms with Crippen molar-refractivity contribution in [2.24, 2.45) is 5.41 Å². The lowest BCUT2D eigenvalue weighted by molar-refractivity contribution is -0.165. The highest BCUT2D eigenvalue weighted by Crippen LogP contribution is 2.24. The lowest BCUT2D eigenvalue weighted by atomic mass is 9.86. The zero-order chi connectivity index (χ0) is 20.4. The highest BCUT2D eigenvalue weighted by Gasteiger charge is 2.38. The molecule has 10 heteroatoms. The molecule has 0 radical (unpaired) electrons. The summed E-state index contributed by atoms with van der Waals surface area (Å²) in [4.78, 5) is 59.6. The number of rotatable bonds is 2. The molecule has 0 aromatic carbocycles. The fourth-order valence-electron chi connectivity index (χ4n) is 2.22. The number of hydrogen-bond acceptors (Lipinski definition) is 8. The summed E-state index contributed by atoms with van der Waals surface area (Å²) in [7, 11) is 0. The second-order valence-electron chi connectivity index (χ2n) is 6.84. The predicted octanol–water partition coefficient (Wildman–Crippen LogP) is -0.448. The summed E-state index contributed by atoms with van der Waals surface area (Å²) in [5.74, 6) is -1.78. The molecule has 1 rings (SSSR count). The molecule has 152 valence electrons. The summed E-state index contributed by atoms with van der Waals surface area (Å²) in [6.45, 7) is 3.00. The maximum absolute atomic E-state index is 12.4. The minimum Gasteiger partial charge on any atom is -0.452 e. The van der Waals surface area contributed by atoms with Gasteiger partial charge in [0.25, 0.3) is 5.91 Å². The summed E-state index contributed by atoms with van der Waals surface area (Å²) < 4.78 is 5.19. The second kappa shape index (κ2) is 11.0. The molecule has 0 aromatic heterocycles. The van der Waals surface area contributed by atoms with Gasteiger partial charge in [0.2, 0.25) is 5.91 Å². The monoisotopic (exact) mass is 402 g/mol. The van der Waals surface area contributed by atoms with Crippen LogP contribution >= 0.6 is 11.8 Å². The molecule has 1 saturated heterocycles. The Kier molecular flexibility index (Phi) is 9.44. The molecular formula is C17H26N2O7S. The third kappa shape index (κ3) is 8.53. The van der Waals surface area contributed by atoms with E-state index in [1.165, 1.54) is 0 Å². The van der Waals surface area contributed by atoms with Crippen molar-refractivity contribution in [1.82, 2.24) is 10.6 Å². The third-order valence-electron chi connectivity index (χ3n) is 3.89. The normalized spacial score (nSPS) is 22.5. The fraction of sp³-hybridized carbons (Fsp3) is 0.706. The summed E-state index contributed by atoms with van der Waals surface area (Å²) in [6, 6.07) is 0. The third-order valence-corrected chi connectivity index (χ3v) is 4.77. The van der Waals surface area contributed by atoms with E-state index in [0.29, 0.717) is 5.75 Å². The lowest BCUT2D eigenvalue weighted by Crippen LogP contribution is -2.48. The molecule has 0 aliphatic carbocycles. The van der Waals surface area contributed by atoms with Gasteiger partial charge in [-0.1, -0.05) is 25.6 Å². The smallest absolute Gasteiger partial charge is 0.307 e. The first-order valence-electron chi connectivity index (χ1n) is 8.68. The number of ether oxygens (including phenoxy) is 1. The van der Waals surface area contributed by atoms with Crippen molar-refractivity contribution in [2.75, 3.05) is 25.4 Å². The molecular weight excluding hydrogens is 376 g/mol. The van der Waals surface area contributed by atoms with Crippen molar-refractivity contribution in [3.05, 3.63) is 0 Å². The molecule has 2 amide bonds. The van der Waals surface area contributed by atoms with Gasteiger partial charge in [0, 0.05) is 37.1 Å². The predicted molar refractivity (Wildman–Crippen MR) is 97.7 cm³/mol. The minimum atomic E-state index is -1.28. The van der Waals surface area contributed by atoms with E-state index in [-0.39, 0.29) is 49.8 Å². The number of cyclic esters (lactones) is 1. The molecule has 0 bridgehead atoms. The van der Waals surface area contributed by atoms with Gasteiger partial charge in [0.1, 0.15) is 5.78 Å². The molecule has 1 heterocycles. The minimum absolute atomic E-state index is 0.0169. The molecule has 0 aromatic rings. The number of aliphatic hydroxyl groups excluding tert-OH is 1. The highest BCUT2D eigenvalue weighted by atomic mass is 32.2. The number of aliphatic hydroxyl groups is 1. The van der Waals surface area contributed by atoms with Gasteiger partial charge < -0.3 is 20.5 Å². The SMILES string of the molecule is CC(C)(CO)[C@H]1OC(=O)CCC(=O)CC(=O)SCCNC(=O)CCNC1=O. The molecule has 1 fully saturated rings. The van der Waals surface area contributed by atoms with Crippen LogP contribution in [0.25, 0.3) is 0 Å². The lowest BCUT2D eigenvalue weighted by Gasteiger charge is -2.31. The Bertz CT molecular complexity index is 592. The topological polar surface area (TPSA) is 139 Å². The fourth-order valence-corrected chi connectivity index (χ4v) is 2.91. The van der Waals surface area contributed by atoms with Crippen LogP contribution in [-0.2, 0) is 28.7 Å². The number of carbonyl (C=O) groups excluding carboxylic acids is 5. The molecule has 1 aliphatic heterocycles. The van der Waals surface area contributed by atoms with E-state index in [2.05, 4.69) is 10.6 Å². The zero-order valence-electron chi connectivity index (χ0n) is 15.5. The van der Waals surface area contributed by atoms with Crippen LogP contribution in [0.15, 0.2) is 0 Å².